The Labute approximate surface area is 89.4 Å². The van der Waals surface area contributed by atoms with Gasteiger partial charge in [-0.3, -0.25) is 0 Å². The van der Waals surface area contributed by atoms with Crippen LogP contribution in [0.5, 0.6) is 0 Å². The maximum absolute atomic E-state index is 12.3. The molecule has 1 rings (SSSR count). The van der Waals surface area contributed by atoms with E-state index in [-0.39, 0.29) is 0 Å². The zero-order valence-corrected chi connectivity index (χ0v) is 10.9. The van der Waals surface area contributed by atoms with Crippen LogP contribution in [0.15, 0.2) is 18.2 Å². The fraction of sp³-hybridized carbons (Fsp3) is 0.143. The molecular formula is C7H3BrF4Zn. The summed E-state index contributed by atoms with van der Waals surface area (Å²) in [4.78, 5) is 0. The van der Waals surface area contributed by atoms with Crippen LogP contribution in [0.25, 0.3) is 0 Å². The maximum atomic E-state index is 12.3. The van der Waals surface area contributed by atoms with E-state index in [1.165, 1.54) is 16.3 Å². The Morgan fingerprint density at radius 2 is 1.85 bits per heavy atom. The van der Waals surface area contributed by atoms with Gasteiger partial charge < -0.3 is 0 Å². The second-order valence-electron chi connectivity index (χ2n) is 1.90. The van der Waals surface area contributed by atoms with Gasteiger partial charge in [-0.2, -0.15) is 31.4 Å². The molecule has 0 amide bonds. The molecule has 0 bridgehead atoms. The molecule has 0 aromatic heterocycles. The van der Waals surface area contributed by atoms with E-state index in [4.69, 9.17) is 0 Å². The van der Waals surface area contributed by atoms with Crippen molar-refractivity contribution in [2.24, 2.45) is 0 Å². The third-order valence-corrected chi connectivity index (χ3v) is 1.12. The van der Waals surface area contributed by atoms with Gasteiger partial charge in [-0.15, -0.1) is 6.07 Å². The zero-order chi connectivity index (χ0) is 10.5. The molecule has 0 radical (unpaired) electrons. The first-order valence-electron chi connectivity index (χ1n) is 3.01. The molecule has 0 aliphatic heterocycles. The quantitative estimate of drug-likeness (QED) is 0.391. The molecular weight excluding hydrogens is 305 g/mol. The molecule has 68 valence electrons. The Balaban J connectivity index is 0.000000671. The van der Waals surface area contributed by atoms with Gasteiger partial charge in [-0.05, 0) is 5.56 Å². The van der Waals surface area contributed by atoms with Crippen LogP contribution in [0.3, 0.4) is 0 Å². The molecule has 6 heteroatoms. The van der Waals surface area contributed by atoms with E-state index in [1.807, 2.05) is 0 Å². The molecule has 0 aliphatic carbocycles. The molecule has 13 heavy (non-hydrogen) atoms. The van der Waals surface area contributed by atoms with Crippen molar-refractivity contribution in [2.45, 2.75) is 6.18 Å². The van der Waals surface area contributed by atoms with Crippen LogP contribution < -0.4 is 0 Å². The van der Waals surface area contributed by atoms with E-state index in [2.05, 4.69) is 19.7 Å². The SMILES string of the molecule is Fc1cc[c-]cc1C(F)(F)F.[Zn+][Br]. The predicted molar refractivity (Wildman–Crippen MR) is 39.2 cm³/mol. The van der Waals surface area contributed by atoms with Crippen molar-refractivity contribution >= 4 is 13.6 Å². The summed E-state index contributed by atoms with van der Waals surface area (Å²) in [5, 5.41) is 0. The van der Waals surface area contributed by atoms with Gasteiger partial charge in [-0.1, -0.05) is 0 Å². The van der Waals surface area contributed by atoms with E-state index in [0.29, 0.717) is 6.07 Å². The number of halogens is 5. The van der Waals surface area contributed by atoms with Crippen molar-refractivity contribution in [1.82, 2.24) is 0 Å². The summed E-state index contributed by atoms with van der Waals surface area (Å²) in [6, 6.07) is 4.54. The van der Waals surface area contributed by atoms with Crippen molar-refractivity contribution in [2.75, 3.05) is 0 Å². The van der Waals surface area contributed by atoms with Gasteiger partial charge >= 0.3 is 36.1 Å². The topological polar surface area (TPSA) is 0 Å². The first-order chi connectivity index (χ1) is 6.02. The number of benzene rings is 1. The van der Waals surface area contributed by atoms with Gasteiger partial charge in [0.1, 0.15) is 0 Å². The average Bonchev–Trinajstić information content (AvgIpc) is 2.07. The van der Waals surface area contributed by atoms with Crippen LogP contribution in [0.1, 0.15) is 5.56 Å². The molecule has 0 N–H and O–H groups in total. The summed E-state index contributed by atoms with van der Waals surface area (Å²) in [7, 11) is 0. The van der Waals surface area contributed by atoms with Crippen LogP contribution >= 0.6 is 13.6 Å². The normalized spacial score (nSPS) is 10.4. The molecule has 0 unspecified atom stereocenters. The standard InChI is InChI=1S/C7H3F4.BrH.Zn/c8-6-4-2-1-3-5(6)7(9,10)11;;/h2-4H;1H;/q-1;;+2/p-1. The summed E-state index contributed by atoms with van der Waals surface area (Å²) in [6.45, 7) is 0. The predicted octanol–water partition coefficient (Wildman–Crippen LogP) is 3.49. The molecule has 0 aliphatic rings. The fourth-order valence-corrected chi connectivity index (χ4v) is 0.629. The Morgan fingerprint density at radius 3 is 2.15 bits per heavy atom. The number of hydrogen-bond acceptors (Lipinski definition) is 0. The summed E-state index contributed by atoms with van der Waals surface area (Å²) in [6.07, 6.45) is -4.62. The Hall–Kier alpha value is 0.0434. The van der Waals surface area contributed by atoms with Gasteiger partial charge in [0.05, 0.1) is 0 Å². The van der Waals surface area contributed by atoms with Gasteiger partial charge in [0.25, 0.3) is 0 Å². The molecule has 0 saturated heterocycles. The van der Waals surface area contributed by atoms with Crippen molar-refractivity contribution in [3.63, 3.8) is 0 Å². The molecule has 0 fully saturated rings. The molecule has 0 saturated carbocycles. The van der Waals surface area contributed by atoms with Gasteiger partial charge in [0.15, 0.2) is 0 Å². The number of alkyl halides is 3. The van der Waals surface area contributed by atoms with Crippen LogP contribution in [0.2, 0.25) is 0 Å². The summed E-state index contributed by atoms with van der Waals surface area (Å²) < 4.78 is 47.7. The number of rotatable bonds is 0. The fourth-order valence-electron chi connectivity index (χ4n) is 0.629. The summed E-state index contributed by atoms with van der Waals surface area (Å²) >= 11 is 4.25. The first-order valence-corrected chi connectivity index (χ1v) is 9.96. The van der Waals surface area contributed by atoms with Crippen molar-refractivity contribution in [3.8, 4) is 0 Å². The number of hydrogen-bond donors (Lipinski definition) is 0. The Kier molecular flexibility index (Phi) is 5.73. The second-order valence-corrected chi connectivity index (χ2v) is 1.90. The summed E-state index contributed by atoms with van der Waals surface area (Å²) in [5.41, 5.74) is -1.28. The van der Waals surface area contributed by atoms with Crippen LogP contribution in [-0.4, -0.2) is 0 Å². The van der Waals surface area contributed by atoms with Gasteiger partial charge in [0.2, 0.25) is 0 Å². The van der Waals surface area contributed by atoms with Crippen molar-refractivity contribution < 1.29 is 33.9 Å². The Morgan fingerprint density at radius 1 is 1.31 bits per heavy atom. The third-order valence-electron chi connectivity index (χ3n) is 1.12. The first kappa shape index (κ1) is 13.0. The van der Waals surface area contributed by atoms with Crippen molar-refractivity contribution in [3.05, 3.63) is 35.6 Å². The van der Waals surface area contributed by atoms with E-state index < -0.39 is 17.6 Å². The molecule has 0 spiro atoms. The molecule has 1 aromatic rings. The van der Waals surface area contributed by atoms with E-state index in [9.17, 15) is 17.6 Å². The van der Waals surface area contributed by atoms with Crippen LogP contribution in [0.4, 0.5) is 17.6 Å². The van der Waals surface area contributed by atoms with E-state index in [1.54, 1.807) is 0 Å². The monoisotopic (exact) mass is 306 g/mol. The Bertz CT molecular complexity index is 261. The molecule has 0 atom stereocenters. The van der Waals surface area contributed by atoms with Gasteiger partial charge in [-0.25, -0.2) is 4.39 Å². The van der Waals surface area contributed by atoms with E-state index in [0.717, 1.165) is 12.1 Å². The average molecular weight is 308 g/mol. The van der Waals surface area contributed by atoms with Gasteiger partial charge in [0, 0.05) is 5.82 Å². The minimum atomic E-state index is -4.62. The molecule has 0 heterocycles. The van der Waals surface area contributed by atoms with E-state index >= 15 is 0 Å². The van der Waals surface area contributed by atoms with Crippen LogP contribution in [0, 0.1) is 11.9 Å². The third kappa shape index (κ3) is 4.18. The zero-order valence-electron chi connectivity index (χ0n) is 6.33. The second kappa shape index (κ2) is 5.71. The van der Waals surface area contributed by atoms with Crippen LogP contribution in [-0.2, 0) is 22.5 Å². The molecule has 1 aromatic carbocycles. The minimum absolute atomic E-state index is 0.579. The molecule has 0 nitrogen and oxygen atoms in total. The summed E-state index contributed by atoms with van der Waals surface area (Å²) in [5.74, 6) is -1.27. The van der Waals surface area contributed by atoms with Crippen molar-refractivity contribution in [1.29, 1.82) is 0 Å².